The second kappa shape index (κ2) is 11.5. The second-order valence-electron chi connectivity index (χ2n) is 12.0. The maximum absolute atomic E-state index is 14.0. The van der Waals surface area contributed by atoms with Crippen LogP contribution in [0.2, 0.25) is 0 Å². The first-order chi connectivity index (χ1) is 21.2. The molecule has 1 amide bonds. The number of aromatic carboxylic acids is 1. The summed E-state index contributed by atoms with van der Waals surface area (Å²) >= 11 is 1.02. The molecule has 1 aliphatic carbocycles. The van der Waals surface area contributed by atoms with Crippen LogP contribution in [-0.2, 0) is 19.6 Å². The van der Waals surface area contributed by atoms with E-state index in [2.05, 4.69) is 9.88 Å². The van der Waals surface area contributed by atoms with Gasteiger partial charge >= 0.3 is 5.97 Å². The number of carbonyl (C=O) groups excluding carboxylic acids is 1. The van der Waals surface area contributed by atoms with Crippen molar-refractivity contribution in [2.24, 2.45) is 5.92 Å². The lowest BCUT2D eigenvalue weighted by Crippen LogP contribution is -2.60. The smallest absolute Gasteiger partial charge is 0.348 e. The van der Waals surface area contributed by atoms with Crippen molar-refractivity contribution >= 4 is 44.7 Å². The Balaban J connectivity index is 1.20. The summed E-state index contributed by atoms with van der Waals surface area (Å²) in [6, 6.07) is 10.4. The number of carboxylic acids is 1. The summed E-state index contributed by atoms with van der Waals surface area (Å²) in [4.78, 5) is 35.1. The third-order valence-electron chi connectivity index (χ3n) is 9.34. The molecule has 3 aromatic rings. The molecule has 2 bridgehead atoms. The van der Waals surface area contributed by atoms with Crippen LogP contribution < -0.4 is 9.80 Å². The van der Waals surface area contributed by atoms with Crippen LogP contribution in [0.3, 0.4) is 0 Å². The number of ether oxygens (including phenoxy) is 1. The average Bonchev–Trinajstić information content (AvgIpc) is 3.78. The van der Waals surface area contributed by atoms with Gasteiger partial charge in [-0.1, -0.05) is 31.4 Å². The first kappa shape index (κ1) is 29.3. The summed E-state index contributed by atoms with van der Waals surface area (Å²) in [5.41, 5.74) is 0.896. The van der Waals surface area contributed by atoms with Gasteiger partial charge in [-0.25, -0.2) is 22.6 Å². The lowest BCUT2D eigenvalue weighted by molar-refractivity contribution is -0.121. The number of benzene rings is 1. The first-order valence-electron chi connectivity index (χ1n) is 15.0. The number of hydrogen-bond acceptors (Lipinski definition) is 8. The Morgan fingerprint density at radius 2 is 1.84 bits per heavy atom. The van der Waals surface area contributed by atoms with Crippen molar-refractivity contribution in [3.8, 4) is 10.4 Å². The summed E-state index contributed by atoms with van der Waals surface area (Å²) in [6.07, 6.45) is 7.10. The number of sulfonamides is 1. The summed E-state index contributed by atoms with van der Waals surface area (Å²) < 4.78 is 48.3. The number of carbonyl (C=O) groups is 2. The molecule has 0 spiro atoms. The fourth-order valence-electron chi connectivity index (χ4n) is 7.14. The van der Waals surface area contributed by atoms with E-state index in [4.69, 9.17) is 4.74 Å². The molecule has 4 aliphatic rings. The van der Waals surface area contributed by atoms with Crippen molar-refractivity contribution in [1.82, 2.24) is 9.29 Å². The number of hydrogen-bond donors (Lipinski definition) is 1. The number of piperazine rings is 1. The van der Waals surface area contributed by atoms with E-state index in [1.165, 1.54) is 27.5 Å². The highest BCUT2D eigenvalue weighted by Gasteiger charge is 2.45. The van der Waals surface area contributed by atoms with Gasteiger partial charge in [-0.3, -0.25) is 4.79 Å². The summed E-state index contributed by atoms with van der Waals surface area (Å²) in [5.74, 6) is -1.34. The maximum Gasteiger partial charge on any atom is 0.348 e. The van der Waals surface area contributed by atoms with Crippen LogP contribution >= 0.6 is 11.3 Å². The summed E-state index contributed by atoms with van der Waals surface area (Å²) in [5, 5.41) is 10.1. The van der Waals surface area contributed by atoms with Crippen LogP contribution in [0.25, 0.3) is 10.4 Å². The number of thiophene rings is 1. The Morgan fingerprint density at radius 1 is 1.07 bits per heavy atom. The van der Waals surface area contributed by atoms with Crippen LogP contribution in [0.15, 0.2) is 53.6 Å². The predicted octanol–water partition coefficient (Wildman–Crippen LogP) is 4.61. The van der Waals surface area contributed by atoms with Crippen molar-refractivity contribution in [3.05, 3.63) is 59.4 Å². The Labute approximate surface area is 259 Å². The van der Waals surface area contributed by atoms with E-state index in [0.717, 1.165) is 56.4 Å². The van der Waals surface area contributed by atoms with E-state index >= 15 is 0 Å². The van der Waals surface area contributed by atoms with E-state index in [9.17, 15) is 27.5 Å². The standard InChI is InChI=1S/C31H33FN4O6S2/c32-21-8-6-20(7-9-21)27-13-25(30(43-27)31(38)39)36-26(19-4-2-1-3-5-19)16-34(17-29(36)37)44(40,41)24-10-11-28(33-14-24)35-15-23-12-22(35)18-42-23/h6-11,13-14,19,22-23,26H,1-5,12,15-18H2,(H,38,39)/t22?,23?,26-/m0/s1. The minimum absolute atomic E-state index is 0.00408. The van der Waals surface area contributed by atoms with Gasteiger partial charge in [-0.2, -0.15) is 4.31 Å². The molecule has 1 saturated carbocycles. The van der Waals surface area contributed by atoms with Gasteiger partial charge in [0.25, 0.3) is 0 Å². The van der Waals surface area contributed by atoms with E-state index in [1.807, 2.05) is 0 Å². The largest absolute Gasteiger partial charge is 0.477 e. The molecule has 13 heteroatoms. The van der Waals surface area contributed by atoms with Crippen molar-refractivity contribution < 1.29 is 32.2 Å². The first-order valence-corrected chi connectivity index (χ1v) is 17.2. The molecule has 1 N–H and O–H groups in total. The van der Waals surface area contributed by atoms with Gasteiger partial charge in [0.1, 0.15) is 21.4 Å². The Hall–Kier alpha value is -3.39. The van der Waals surface area contributed by atoms with E-state index in [1.54, 1.807) is 30.3 Å². The number of anilines is 2. The molecule has 232 valence electrons. The quantitative estimate of drug-likeness (QED) is 0.398. The Morgan fingerprint density at radius 3 is 2.48 bits per heavy atom. The normalized spacial score (nSPS) is 24.8. The average molecular weight is 641 g/mol. The van der Waals surface area contributed by atoms with E-state index in [0.29, 0.717) is 22.9 Å². The van der Waals surface area contributed by atoms with Crippen LogP contribution in [0.5, 0.6) is 0 Å². The number of morpholine rings is 1. The molecule has 7 rings (SSSR count). The van der Waals surface area contributed by atoms with E-state index in [-0.39, 0.29) is 40.1 Å². The third-order valence-corrected chi connectivity index (χ3v) is 12.3. The minimum Gasteiger partial charge on any atom is -0.477 e. The number of amides is 1. The van der Waals surface area contributed by atoms with Crippen molar-refractivity contribution in [1.29, 1.82) is 0 Å². The summed E-state index contributed by atoms with van der Waals surface area (Å²) in [7, 11) is -4.06. The third kappa shape index (κ3) is 5.29. The number of fused-ring (bicyclic) bond motifs is 2. The molecule has 2 aromatic heterocycles. The highest BCUT2D eigenvalue weighted by Crippen LogP contribution is 2.42. The van der Waals surface area contributed by atoms with Crippen molar-refractivity contribution in [2.45, 2.75) is 61.6 Å². The zero-order chi connectivity index (χ0) is 30.6. The van der Waals surface area contributed by atoms with Gasteiger partial charge in [0.05, 0.1) is 37.0 Å². The molecule has 10 nitrogen and oxygen atoms in total. The zero-order valence-corrected chi connectivity index (χ0v) is 25.6. The second-order valence-corrected chi connectivity index (χ2v) is 15.0. The minimum atomic E-state index is -4.06. The maximum atomic E-state index is 14.0. The highest BCUT2D eigenvalue weighted by atomic mass is 32.2. The molecule has 4 fully saturated rings. The molecule has 3 aliphatic heterocycles. The molecule has 0 radical (unpaired) electrons. The van der Waals surface area contributed by atoms with Crippen LogP contribution in [0, 0.1) is 11.7 Å². The molecule has 44 heavy (non-hydrogen) atoms. The van der Waals surface area contributed by atoms with Gasteiger partial charge in [-0.15, -0.1) is 11.3 Å². The molecule has 3 atom stereocenters. The molecule has 3 saturated heterocycles. The van der Waals surface area contributed by atoms with Crippen LogP contribution in [0.1, 0.15) is 48.2 Å². The van der Waals surface area contributed by atoms with Gasteiger partial charge in [0, 0.05) is 24.2 Å². The summed E-state index contributed by atoms with van der Waals surface area (Å²) in [6.45, 7) is 1.00. The highest BCUT2D eigenvalue weighted by molar-refractivity contribution is 7.89. The van der Waals surface area contributed by atoms with Crippen LogP contribution in [0.4, 0.5) is 15.9 Å². The van der Waals surface area contributed by atoms with Gasteiger partial charge in [0.2, 0.25) is 15.9 Å². The lowest BCUT2D eigenvalue weighted by Gasteiger charge is -2.44. The Kier molecular flexibility index (Phi) is 7.68. The molecule has 5 heterocycles. The Bertz CT molecular complexity index is 1670. The number of halogens is 1. The lowest BCUT2D eigenvalue weighted by atomic mass is 9.82. The number of nitrogens with zero attached hydrogens (tertiary/aromatic N) is 4. The van der Waals surface area contributed by atoms with Gasteiger partial charge in [0.15, 0.2) is 0 Å². The number of aromatic nitrogens is 1. The SMILES string of the molecule is O=C(O)c1sc(-c2ccc(F)cc2)cc1N1C(=O)CN(S(=O)(=O)c2ccc(N3CC4CC3CO4)nc2)C[C@H]1C1CCCCC1. The van der Waals surface area contributed by atoms with Crippen molar-refractivity contribution in [2.75, 3.05) is 36.0 Å². The molecular formula is C31H33FN4O6S2. The fourth-order valence-corrected chi connectivity index (χ4v) is 9.48. The van der Waals surface area contributed by atoms with Crippen molar-refractivity contribution in [3.63, 3.8) is 0 Å². The van der Waals surface area contributed by atoms with Crippen LogP contribution in [-0.4, -0.2) is 79.1 Å². The zero-order valence-electron chi connectivity index (χ0n) is 24.0. The number of rotatable bonds is 7. The molecule has 1 aromatic carbocycles. The monoisotopic (exact) mass is 640 g/mol. The van der Waals surface area contributed by atoms with Gasteiger partial charge < -0.3 is 19.6 Å². The van der Waals surface area contributed by atoms with Gasteiger partial charge in [-0.05, 0) is 61.1 Å². The van der Waals surface area contributed by atoms with E-state index < -0.39 is 40.3 Å². The topological polar surface area (TPSA) is 120 Å². The predicted molar refractivity (Wildman–Crippen MR) is 163 cm³/mol. The molecular weight excluding hydrogens is 607 g/mol. The number of pyridine rings is 1. The molecule has 2 unspecified atom stereocenters. The fraction of sp³-hybridized carbons (Fsp3) is 0.452. The number of carboxylic acid groups (broad SMARTS) is 1.